The summed E-state index contributed by atoms with van der Waals surface area (Å²) in [7, 11) is 0. The van der Waals surface area contributed by atoms with E-state index in [0.29, 0.717) is 6.29 Å². The third-order valence-corrected chi connectivity index (χ3v) is 2.87. The van der Waals surface area contributed by atoms with Crippen molar-refractivity contribution in [3.8, 4) is 0 Å². The maximum absolute atomic E-state index is 12.1. The van der Waals surface area contributed by atoms with Crippen LogP contribution < -0.4 is 0 Å². The molecule has 0 saturated carbocycles. The largest absolute Gasteiger partial charge is 0.481 e. The Balaban J connectivity index is 3.46. The highest BCUT2D eigenvalue weighted by atomic mass is 16.5. The summed E-state index contributed by atoms with van der Waals surface area (Å²) in [6.45, 7) is 8.83. The second kappa shape index (κ2) is 6.03. The highest BCUT2D eigenvalue weighted by molar-refractivity contribution is 6.06. The fourth-order valence-electron chi connectivity index (χ4n) is 1.98. The zero-order chi connectivity index (χ0) is 15.5. The molecule has 110 valence electrons. The van der Waals surface area contributed by atoms with Gasteiger partial charge in [0.2, 0.25) is 0 Å². The Kier molecular flexibility index (Phi) is 4.87. The number of ether oxygens (including phenoxy) is 2. The Morgan fingerprint density at radius 2 is 2.00 bits per heavy atom. The third kappa shape index (κ3) is 3.35. The Bertz CT molecular complexity index is 491. The number of carbonyl (C=O) groups is 3. The molecule has 5 nitrogen and oxygen atoms in total. The minimum Gasteiger partial charge on any atom is -0.481 e. The molecule has 1 aliphatic heterocycles. The average Bonchev–Trinajstić information content (AvgIpc) is 2.36. The molecular weight excluding hydrogens is 260 g/mol. The van der Waals surface area contributed by atoms with Crippen LogP contribution in [-0.2, 0) is 23.9 Å². The molecule has 0 bridgehead atoms. The van der Waals surface area contributed by atoms with Crippen molar-refractivity contribution >= 4 is 18.0 Å². The topological polar surface area (TPSA) is 69.7 Å². The lowest BCUT2D eigenvalue weighted by atomic mass is 9.80. The van der Waals surface area contributed by atoms with Gasteiger partial charge < -0.3 is 9.47 Å². The first-order valence-corrected chi connectivity index (χ1v) is 6.48. The van der Waals surface area contributed by atoms with Crippen LogP contribution in [0.15, 0.2) is 23.0 Å². The van der Waals surface area contributed by atoms with Crippen LogP contribution in [0.2, 0.25) is 0 Å². The van der Waals surface area contributed by atoms with Gasteiger partial charge in [-0.2, -0.15) is 0 Å². The Morgan fingerprint density at radius 3 is 2.40 bits per heavy atom. The Hall–Kier alpha value is -1.91. The van der Waals surface area contributed by atoms with Crippen LogP contribution in [0.25, 0.3) is 0 Å². The molecule has 0 aromatic carbocycles. The zero-order valence-corrected chi connectivity index (χ0v) is 12.5. The van der Waals surface area contributed by atoms with Gasteiger partial charge >= 0.3 is 5.97 Å². The predicted molar refractivity (Wildman–Crippen MR) is 72.8 cm³/mol. The monoisotopic (exact) mass is 280 g/mol. The minimum absolute atomic E-state index is 0.0446. The number of allylic oxidation sites excluding steroid dienone is 3. The molecule has 0 amide bonds. The van der Waals surface area contributed by atoms with Crippen LogP contribution >= 0.6 is 0 Å². The van der Waals surface area contributed by atoms with Crippen molar-refractivity contribution in [3.05, 3.63) is 23.0 Å². The maximum atomic E-state index is 12.1. The van der Waals surface area contributed by atoms with Crippen LogP contribution in [0.3, 0.4) is 0 Å². The molecule has 1 aliphatic rings. The molecule has 0 aromatic rings. The molecule has 5 heteroatoms. The van der Waals surface area contributed by atoms with E-state index in [0.717, 1.165) is 0 Å². The first kappa shape index (κ1) is 16.1. The van der Waals surface area contributed by atoms with E-state index in [1.54, 1.807) is 6.92 Å². The van der Waals surface area contributed by atoms with Gasteiger partial charge in [0.25, 0.3) is 0 Å². The van der Waals surface area contributed by atoms with E-state index in [4.69, 9.17) is 9.47 Å². The van der Waals surface area contributed by atoms with E-state index >= 15 is 0 Å². The van der Waals surface area contributed by atoms with Gasteiger partial charge in [-0.15, -0.1) is 0 Å². The summed E-state index contributed by atoms with van der Waals surface area (Å²) >= 11 is 0. The Labute approximate surface area is 118 Å². The normalized spacial score (nSPS) is 19.1. The third-order valence-electron chi connectivity index (χ3n) is 2.87. The zero-order valence-electron chi connectivity index (χ0n) is 12.5. The van der Waals surface area contributed by atoms with Gasteiger partial charge in [0.05, 0.1) is 12.2 Å². The van der Waals surface area contributed by atoms with Gasteiger partial charge in [0, 0.05) is 11.0 Å². The van der Waals surface area contributed by atoms with Gasteiger partial charge in [-0.25, -0.2) is 4.79 Å². The van der Waals surface area contributed by atoms with E-state index in [1.165, 1.54) is 13.0 Å². The molecule has 1 atom stereocenters. The van der Waals surface area contributed by atoms with Crippen molar-refractivity contribution in [2.24, 2.45) is 5.41 Å². The van der Waals surface area contributed by atoms with Gasteiger partial charge in [0.1, 0.15) is 6.10 Å². The van der Waals surface area contributed by atoms with Crippen LogP contribution in [0, 0.1) is 5.41 Å². The molecule has 20 heavy (non-hydrogen) atoms. The van der Waals surface area contributed by atoms with Crippen molar-refractivity contribution in [1.82, 2.24) is 0 Å². The summed E-state index contributed by atoms with van der Waals surface area (Å²) in [5.41, 5.74) is -0.111. The molecule has 0 aromatic heterocycles. The van der Waals surface area contributed by atoms with Crippen molar-refractivity contribution in [2.45, 2.75) is 40.7 Å². The lowest BCUT2D eigenvalue weighted by Crippen LogP contribution is -2.38. The molecule has 1 unspecified atom stereocenters. The molecule has 0 N–H and O–H groups in total. The highest BCUT2D eigenvalue weighted by Gasteiger charge is 2.40. The average molecular weight is 280 g/mol. The number of esters is 1. The molecule has 0 aliphatic carbocycles. The van der Waals surface area contributed by atoms with Gasteiger partial charge in [0.15, 0.2) is 17.8 Å². The summed E-state index contributed by atoms with van der Waals surface area (Å²) < 4.78 is 10.6. The molecule has 0 spiro atoms. The first-order chi connectivity index (χ1) is 9.22. The van der Waals surface area contributed by atoms with E-state index in [2.05, 4.69) is 0 Å². The highest BCUT2D eigenvalue weighted by Crippen LogP contribution is 2.35. The number of Topliss-reactive ketones (excluding diaryl/α,β-unsaturated/α-hetero) is 1. The van der Waals surface area contributed by atoms with Crippen molar-refractivity contribution in [3.63, 3.8) is 0 Å². The number of hydrogen-bond acceptors (Lipinski definition) is 5. The number of carbonyl (C=O) groups excluding carboxylic acids is 3. The lowest BCUT2D eigenvalue weighted by Gasteiger charge is -2.35. The fourth-order valence-corrected chi connectivity index (χ4v) is 1.98. The summed E-state index contributed by atoms with van der Waals surface area (Å²) in [6.07, 6.45) is 1.12. The smallest absolute Gasteiger partial charge is 0.338 e. The second-order valence-corrected chi connectivity index (χ2v) is 5.63. The van der Waals surface area contributed by atoms with Crippen LogP contribution in [0.5, 0.6) is 0 Å². The maximum Gasteiger partial charge on any atom is 0.338 e. The van der Waals surface area contributed by atoms with E-state index in [9.17, 15) is 14.4 Å². The van der Waals surface area contributed by atoms with Crippen molar-refractivity contribution in [2.75, 3.05) is 6.61 Å². The number of aldehydes is 1. The number of hydrogen-bond donors (Lipinski definition) is 0. The number of rotatable bonds is 4. The molecule has 0 fully saturated rings. The standard InChI is InChI=1S/C15H20O5/c1-6-19-14(18)12-11(9(2)17)7-10(8-16)20-13(12)15(3,4)5/h7-8,13H,6H2,1-5H3. The van der Waals surface area contributed by atoms with Gasteiger partial charge in [-0.1, -0.05) is 20.8 Å². The minimum atomic E-state index is -0.703. The second-order valence-electron chi connectivity index (χ2n) is 5.63. The molecule has 1 rings (SSSR count). The van der Waals surface area contributed by atoms with Crippen LogP contribution in [-0.4, -0.2) is 30.7 Å². The SMILES string of the molecule is CCOC(=O)C1=C(C(C)=O)C=C(C=O)OC1C(C)(C)C. The summed E-state index contributed by atoms with van der Waals surface area (Å²) in [5.74, 6) is -0.841. The molecular formula is C15H20O5. The number of ketones is 1. The summed E-state index contributed by atoms with van der Waals surface area (Å²) in [5, 5.41) is 0. The van der Waals surface area contributed by atoms with E-state index in [1.807, 2.05) is 20.8 Å². The Morgan fingerprint density at radius 1 is 1.40 bits per heavy atom. The van der Waals surface area contributed by atoms with Gasteiger partial charge in [-0.05, 0) is 19.9 Å². The quantitative estimate of drug-likeness (QED) is 0.581. The van der Waals surface area contributed by atoms with Gasteiger partial charge in [-0.3, -0.25) is 9.59 Å². The summed E-state index contributed by atoms with van der Waals surface area (Å²) in [4.78, 5) is 34.9. The van der Waals surface area contributed by atoms with E-state index in [-0.39, 0.29) is 29.3 Å². The lowest BCUT2D eigenvalue weighted by molar-refractivity contribution is -0.141. The molecule has 1 heterocycles. The van der Waals surface area contributed by atoms with Crippen molar-refractivity contribution < 1.29 is 23.9 Å². The van der Waals surface area contributed by atoms with Crippen molar-refractivity contribution in [1.29, 1.82) is 0 Å². The summed E-state index contributed by atoms with van der Waals surface area (Å²) in [6, 6.07) is 0. The van der Waals surface area contributed by atoms with Crippen LogP contribution in [0.1, 0.15) is 34.6 Å². The molecule has 0 radical (unpaired) electrons. The fraction of sp³-hybridized carbons (Fsp3) is 0.533. The van der Waals surface area contributed by atoms with E-state index < -0.39 is 17.5 Å². The molecule has 0 saturated heterocycles. The first-order valence-electron chi connectivity index (χ1n) is 6.48. The van der Waals surface area contributed by atoms with Crippen LogP contribution in [0.4, 0.5) is 0 Å². The predicted octanol–water partition coefficient (Wildman–Crippen LogP) is 1.96.